The van der Waals surface area contributed by atoms with Crippen LogP contribution in [0.5, 0.6) is 11.8 Å². The molecular formula is C24H26ClN3O6. The zero-order valence-corrected chi connectivity index (χ0v) is 19.2. The average Bonchev–Trinajstić information content (AvgIpc) is 3.55. The SMILES string of the molecule is O[C@@H]1CO[C@H]2[C@@H]1OC[C@H]2Oc1nc2nc(-c3ccc(OCC4CCOCC4)cc3)c(Cl)cc2[nH]1. The highest BCUT2D eigenvalue weighted by Gasteiger charge is 2.48. The van der Waals surface area contributed by atoms with Crippen LogP contribution in [-0.4, -0.2) is 77.5 Å². The number of hydrogen-bond acceptors (Lipinski definition) is 8. The van der Waals surface area contributed by atoms with Gasteiger partial charge < -0.3 is 33.8 Å². The molecule has 0 amide bonds. The monoisotopic (exact) mass is 487 g/mol. The van der Waals surface area contributed by atoms with Gasteiger partial charge in [0.1, 0.15) is 24.1 Å². The third-order valence-corrected chi connectivity index (χ3v) is 6.89. The lowest BCUT2D eigenvalue weighted by molar-refractivity contribution is 0.00706. The molecule has 3 aliphatic heterocycles. The van der Waals surface area contributed by atoms with Gasteiger partial charge in [-0.15, -0.1) is 0 Å². The quantitative estimate of drug-likeness (QED) is 0.546. The fraction of sp³-hybridized carbons (Fsp3) is 0.500. The summed E-state index contributed by atoms with van der Waals surface area (Å²) in [6.45, 7) is 2.89. The number of hydrogen-bond donors (Lipinski definition) is 2. The third kappa shape index (κ3) is 4.34. The van der Waals surface area contributed by atoms with Crippen molar-refractivity contribution in [1.29, 1.82) is 0 Å². The molecule has 2 N–H and O–H groups in total. The molecule has 0 unspecified atom stereocenters. The fourth-order valence-corrected chi connectivity index (χ4v) is 4.94. The van der Waals surface area contributed by atoms with Crippen molar-refractivity contribution < 1.29 is 28.8 Å². The van der Waals surface area contributed by atoms with Crippen molar-refractivity contribution in [2.24, 2.45) is 5.92 Å². The minimum absolute atomic E-state index is 0.245. The Bertz CT molecular complexity index is 1150. The molecule has 4 atom stereocenters. The molecule has 180 valence electrons. The summed E-state index contributed by atoms with van der Waals surface area (Å²) in [4.78, 5) is 12.2. The zero-order chi connectivity index (χ0) is 23.1. The number of pyridine rings is 1. The molecule has 1 aromatic carbocycles. The van der Waals surface area contributed by atoms with Crippen LogP contribution in [0.4, 0.5) is 0 Å². The van der Waals surface area contributed by atoms with Gasteiger partial charge in [0, 0.05) is 18.8 Å². The second kappa shape index (κ2) is 9.31. The van der Waals surface area contributed by atoms with E-state index >= 15 is 0 Å². The zero-order valence-electron chi connectivity index (χ0n) is 18.5. The molecule has 3 aromatic rings. The van der Waals surface area contributed by atoms with Gasteiger partial charge in [-0.3, -0.25) is 0 Å². The van der Waals surface area contributed by atoms with Crippen molar-refractivity contribution in [3.8, 4) is 23.0 Å². The largest absolute Gasteiger partial charge is 0.493 e. The molecule has 3 fully saturated rings. The summed E-state index contributed by atoms with van der Waals surface area (Å²) in [7, 11) is 0. The number of rotatable bonds is 6. The van der Waals surface area contributed by atoms with E-state index in [0.717, 1.165) is 37.4 Å². The number of aromatic nitrogens is 3. The van der Waals surface area contributed by atoms with Crippen LogP contribution in [0, 0.1) is 5.92 Å². The first-order valence-corrected chi connectivity index (χ1v) is 12.0. The number of ether oxygens (including phenoxy) is 5. The van der Waals surface area contributed by atoms with Crippen molar-refractivity contribution >= 4 is 22.8 Å². The first kappa shape index (κ1) is 22.1. The van der Waals surface area contributed by atoms with E-state index < -0.39 is 6.10 Å². The molecule has 5 heterocycles. The van der Waals surface area contributed by atoms with Gasteiger partial charge in [-0.05, 0) is 49.1 Å². The summed E-state index contributed by atoms with van der Waals surface area (Å²) in [5.74, 6) is 1.36. The van der Waals surface area contributed by atoms with Crippen molar-refractivity contribution in [1.82, 2.24) is 15.0 Å². The van der Waals surface area contributed by atoms with Crippen molar-refractivity contribution in [2.75, 3.05) is 33.0 Å². The van der Waals surface area contributed by atoms with Gasteiger partial charge in [-0.2, -0.15) is 4.98 Å². The number of aromatic amines is 1. The van der Waals surface area contributed by atoms with E-state index in [1.807, 2.05) is 24.3 Å². The predicted molar refractivity (Wildman–Crippen MR) is 123 cm³/mol. The smallest absolute Gasteiger partial charge is 0.296 e. The Morgan fingerprint density at radius 1 is 1.06 bits per heavy atom. The maximum absolute atomic E-state index is 9.91. The molecule has 6 rings (SSSR count). The van der Waals surface area contributed by atoms with Crippen LogP contribution in [0.3, 0.4) is 0 Å². The maximum atomic E-state index is 9.91. The van der Waals surface area contributed by atoms with Crippen molar-refractivity contribution in [3.63, 3.8) is 0 Å². The highest BCUT2D eigenvalue weighted by molar-refractivity contribution is 6.33. The summed E-state index contributed by atoms with van der Waals surface area (Å²) in [5.41, 5.74) is 2.67. The highest BCUT2D eigenvalue weighted by atomic mass is 35.5. The number of halogens is 1. The van der Waals surface area contributed by atoms with Crippen LogP contribution in [0.2, 0.25) is 5.02 Å². The van der Waals surface area contributed by atoms with Crippen LogP contribution in [0.1, 0.15) is 12.8 Å². The van der Waals surface area contributed by atoms with Gasteiger partial charge in [0.15, 0.2) is 11.8 Å². The standard InChI is InChI=1S/C24H26ClN3O6/c25-16-9-17-23(28-24(26-17)34-19-12-33-21-18(29)11-32-22(19)21)27-20(16)14-1-3-15(4-2-14)31-10-13-5-7-30-8-6-13/h1-4,9,13,18-19,21-22,29H,5-8,10-12H2,(H,26,27,28)/t18-,19-,21-,22-/m1/s1. The number of aliphatic hydroxyl groups is 1. The molecular weight excluding hydrogens is 462 g/mol. The molecule has 0 bridgehead atoms. The van der Waals surface area contributed by atoms with E-state index in [9.17, 15) is 5.11 Å². The minimum Gasteiger partial charge on any atom is -0.493 e. The van der Waals surface area contributed by atoms with Crippen LogP contribution in [0.25, 0.3) is 22.4 Å². The minimum atomic E-state index is -0.629. The average molecular weight is 488 g/mol. The summed E-state index contributed by atoms with van der Waals surface area (Å²) in [6, 6.07) is 9.86. The van der Waals surface area contributed by atoms with E-state index in [2.05, 4.69) is 15.0 Å². The van der Waals surface area contributed by atoms with Crippen LogP contribution in [-0.2, 0) is 14.2 Å². The Hall–Kier alpha value is -2.43. The van der Waals surface area contributed by atoms with Gasteiger partial charge >= 0.3 is 0 Å². The normalized spacial score (nSPS) is 27.2. The van der Waals surface area contributed by atoms with Gasteiger partial charge in [0.25, 0.3) is 6.01 Å². The van der Waals surface area contributed by atoms with Crippen molar-refractivity contribution in [3.05, 3.63) is 35.4 Å². The Labute approximate surface area is 201 Å². The lowest BCUT2D eigenvalue weighted by Crippen LogP contribution is -2.34. The van der Waals surface area contributed by atoms with E-state index in [0.29, 0.717) is 47.0 Å². The van der Waals surface area contributed by atoms with E-state index in [-0.39, 0.29) is 24.9 Å². The predicted octanol–water partition coefficient (Wildman–Crippen LogP) is 2.99. The number of nitrogens with zero attached hydrogens (tertiary/aromatic N) is 2. The number of aliphatic hydroxyl groups excluding tert-OH is 1. The Morgan fingerprint density at radius 3 is 2.68 bits per heavy atom. The fourth-order valence-electron chi connectivity index (χ4n) is 4.68. The molecule has 3 saturated heterocycles. The molecule has 0 aliphatic carbocycles. The Morgan fingerprint density at radius 2 is 1.85 bits per heavy atom. The molecule has 9 nitrogen and oxygen atoms in total. The van der Waals surface area contributed by atoms with E-state index in [1.165, 1.54) is 0 Å². The molecule has 0 saturated carbocycles. The molecule has 34 heavy (non-hydrogen) atoms. The first-order chi connectivity index (χ1) is 16.6. The summed E-state index contributed by atoms with van der Waals surface area (Å²) in [5, 5.41) is 10.4. The molecule has 0 spiro atoms. The third-order valence-electron chi connectivity index (χ3n) is 6.60. The highest BCUT2D eigenvalue weighted by Crippen LogP contribution is 2.33. The summed E-state index contributed by atoms with van der Waals surface area (Å²) in [6.07, 6.45) is 0.412. The van der Waals surface area contributed by atoms with Crippen LogP contribution >= 0.6 is 11.6 Å². The van der Waals surface area contributed by atoms with Gasteiger partial charge in [-0.1, -0.05) is 11.6 Å². The molecule has 3 aliphatic rings. The Balaban J connectivity index is 1.15. The second-order valence-electron chi connectivity index (χ2n) is 8.94. The van der Waals surface area contributed by atoms with Crippen LogP contribution < -0.4 is 9.47 Å². The lowest BCUT2D eigenvalue weighted by atomic mass is 10.0. The second-order valence-corrected chi connectivity index (χ2v) is 9.35. The van der Waals surface area contributed by atoms with Crippen LogP contribution in [0.15, 0.2) is 30.3 Å². The topological polar surface area (TPSA) is 108 Å². The lowest BCUT2D eigenvalue weighted by Gasteiger charge is -2.22. The summed E-state index contributed by atoms with van der Waals surface area (Å²) >= 11 is 6.55. The van der Waals surface area contributed by atoms with E-state index in [1.54, 1.807) is 6.07 Å². The number of fused-ring (bicyclic) bond motifs is 2. The Kier molecular flexibility index (Phi) is 6.04. The van der Waals surface area contributed by atoms with Gasteiger partial charge in [0.2, 0.25) is 0 Å². The first-order valence-electron chi connectivity index (χ1n) is 11.6. The summed E-state index contributed by atoms with van der Waals surface area (Å²) < 4.78 is 28.6. The number of benzene rings is 1. The molecule has 2 aromatic heterocycles. The number of H-pyrrole nitrogens is 1. The maximum Gasteiger partial charge on any atom is 0.296 e. The molecule has 0 radical (unpaired) electrons. The van der Waals surface area contributed by atoms with Gasteiger partial charge in [-0.25, -0.2) is 4.98 Å². The van der Waals surface area contributed by atoms with Crippen molar-refractivity contribution in [2.45, 2.75) is 37.3 Å². The number of imidazole rings is 1. The van der Waals surface area contributed by atoms with E-state index in [4.69, 9.17) is 35.3 Å². The molecule has 10 heteroatoms. The number of nitrogens with one attached hydrogen (secondary N) is 1. The van der Waals surface area contributed by atoms with Gasteiger partial charge in [0.05, 0.1) is 36.1 Å².